The number of amides is 1. The second-order valence-electron chi connectivity index (χ2n) is 6.40. The molecule has 7 heteroatoms. The highest BCUT2D eigenvalue weighted by atomic mass is 32.2. The Morgan fingerprint density at radius 1 is 1.11 bits per heavy atom. The Hall–Kier alpha value is -2.54. The maximum Gasteiger partial charge on any atom is 0.251 e. The minimum absolute atomic E-state index is 0.231. The molecule has 0 saturated carbocycles. The number of nitrogens with one attached hydrogen (secondary N) is 2. The summed E-state index contributed by atoms with van der Waals surface area (Å²) in [5, 5.41) is 2.79. The monoisotopic (exact) mass is 390 g/mol. The Bertz CT molecular complexity index is 877. The van der Waals surface area contributed by atoms with Crippen LogP contribution in [-0.2, 0) is 16.4 Å². The summed E-state index contributed by atoms with van der Waals surface area (Å²) in [5.74, 6) is 0.544. The standard InChI is InChI=1S/C20H26N2O4S/c1-4-5-16-6-9-18(10-7-16)26-13-12-21-20(23)17-8-11-19(15(2)14-17)22-27(3,24)25/h6-11,14,22H,4-5,12-13H2,1-3H3,(H,21,23). The SMILES string of the molecule is CCCc1ccc(OCCNC(=O)c2ccc(NS(C)(=O)=O)c(C)c2)cc1. The molecule has 0 bridgehead atoms. The van der Waals surface area contributed by atoms with Crippen molar-refractivity contribution in [1.29, 1.82) is 0 Å². The lowest BCUT2D eigenvalue weighted by molar-refractivity contribution is 0.0947. The number of ether oxygens (including phenoxy) is 1. The van der Waals surface area contributed by atoms with Gasteiger partial charge in [0.25, 0.3) is 5.91 Å². The van der Waals surface area contributed by atoms with Gasteiger partial charge in [0.1, 0.15) is 12.4 Å². The topological polar surface area (TPSA) is 84.5 Å². The van der Waals surface area contributed by atoms with Crippen LogP contribution in [0.1, 0.15) is 34.8 Å². The van der Waals surface area contributed by atoms with Crippen LogP contribution in [0, 0.1) is 6.92 Å². The van der Waals surface area contributed by atoms with Crippen molar-refractivity contribution in [3.8, 4) is 5.75 Å². The first-order valence-electron chi connectivity index (χ1n) is 8.87. The number of benzene rings is 2. The highest BCUT2D eigenvalue weighted by Gasteiger charge is 2.10. The van der Waals surface area contributed by atoms with Gasteiger partial charge in [0.2, 0.25) is 10.0 Å². The molecule has 2 aromatic carbocycles. The van der Waals surface area contributed by atoms with Gasteiger partial charge in [0.05, 0.1) is 18.5 Å². The third-order valence-electron chi connectivity index (χ3n) is 3.90. The van der Waals surface area contributed by atoms with Crippen molar-refractivity contribution >= 4 is 21.6 Å². The molecule has 1 amide bonds. The van der Waals surface area contributed by atoms with Gasteiger partial charge in [-0.25, -0.2) is 8.42 Å². The maximum atomic E-state index is 12.2. The fourth-order valence-corrected chi connectivity index (χ4v) is 3.22. The number of aryl methyl sites for hydroxylation is 2. The van der Waals surface area contributed by atoms with Gasteiger partial charge in [-0.05, 0) is 54.8 Å². The first-order valence-corrected chi connectivity index (χ1v) is 10.8. The Morgan fingerprint density at radius 2 is 1.81 bits per heavy atom. The van der Waals surface area contributed by atoms with E-state index < -0.39 is 10.0 Å². The van der Waals surface area contributed by atoms with E-state index in [2.05, 4.69) is 17.0 Å². The average Bonchev–Trinajstić information content (AvgIpc) is 2.61. The van der Waals surface area contributed by atoms with Crippen LogP contribution in [0.2, 0.25) is 0 Å². The molecular weight excluding hydrogens is 364 g/mol. The number of hydrogen-bond donors (Lipinski definition) is 2. The highest BCUT2D eigenvalue weighted by Crippen LogP contribution is 2.17. The molecule has 0 aromatic heterocycles. The molecule has 2 N–H and O–H groups in total. The van der Waals surface area contributed by atoms with Gasteiger partial charge in [-0.1, -0.05) is 25.5 Å². The van der Waals surface area contributed by atoms with Gasteiger partial charge in [-0.2, -0.15) is 0 Å². The first kappa shape index (κ1) is 20.8. The third kappa shape index (κ3) is 6.94. The molecule has 0 heterocycles. The van der Waals surface area contributed by atoms with Crippen molar-refractivity contribution in [3.05, 3.63) is 59.2 Å². The Morgan fingerprint density at radius 3 is 2.41 bits per heavy atom. The Balaban J connectivity index is 1.82. The molecule has 0 saturated heterocycles. The smallest absolute Gasteiger partial charge is 0.251 e. The van der Waals surface area contributed by atoms with E-state index in [-0.39, 0.29) is 5.91 Å². The minimum atomic E-state index is -3.35. The number of hydrogen-bond acceptors (Lipinski definition) is 4. The summed E-state index contributed by atoms with van der Waals surface area (Å²) < 4.78 is 30.7. The van der Waals surface area contributed by atoms with Crippen molar-refractivity contribution < 1.29 is 17.9 Å². The molecule has 146 valence electrons. The molecule has 0 aliphatic rings. The zero-order valence-electron chi connectivity index (χ0n) is 15.9. The van der Waals surface area contributed by atoms with Crippen LogP contribution in [0.25, 0.3) is 0 Å². The van der Waals surface area contributed by atoms with E-state index in [0.717, 1.165) is 24.8 Å². The average molecular weight is 391 g/mol. The largest absolute Gasteiger partial charge is 0.492 e. The predicted molar refractivity (Wildman–Crippen MR) is 108 cm³/mol. The van der Waals surface area contributed by atoms with Crippen LogP contribution < -0.4 is 14.8 Å². The van der Waals surface area contributed by atoms with E-state index in [9.17, 15) is 13.2 Å². The Labute approximate surface area is 161 Å². The molecule has 6 nitrogen and oxygen atoms in total. The van der Waals surface area contributed by atoms with Gasteiger partial charge in [0, 0.05) is 5.56 Å². The number of anilines is 1. The zero-order chi connectivity index (χ0) is 19.9. The van der Waals surface area contributed by atoms with E-state index in [4.69, 9.17) is 4.74 Å². The van der Waals surface area contributed by atoms with Gasteiger partial charge in [-0.3, -0.25) is 9.52 Å². The number of sulfonamides is 1. The number of rotatable bonds is 9. The summed E-state index contributed by atoms with van der Waals surface area (Å²) in [4.78, 5) is 12.2. The van der Waals surface area contributed by atoms with Crippen molar-refractivity contribution in [2.75, 3.05) is 24.1 Å². The quantitative estimate of drug-likeness (QED) is 0.644. The van der Waals surface area contributed by atoms with E-state index >= 15 is 0 Å². The second-order valence-corrected chi connectivity index (χ2v) is 8.15. The third-order valence-corrected chi connectivity index (χ3v) is 4.49. The van der Waals surface area contributed by atoms with Gasteiger partial charge in [-0.15, -0.1) is 0 Å². The lowest BCUT2D eigenvalue weighted by atomic mass is 10.1. The van der Waals surface area contributed by atoms with Crippen molar-refractivity contribution in [1.82, 2.24) is 5.32 Å². The molecule has 2 aromatic rings. The predicted octanol–water partition coefficient (Wildman–Crippen LogP) is 3.13. The van der Waals surface area contributed by atoms with Crippen molar-refractivity contribution in [2.24, 2.45) is 0 Å². The molecule has 0 spiro atoms. The molecule has 0 aliphatic heterocycles. The normalized spacial score (nSPS) is 11.1. The zero-order valence-corrected chi connectivity index (χ0v) is 16.7. The fraction of sp³-hybridized carbons (Fsp3) is 0.350. The molecule has 2 rings (SSSR count). The summed E-state index contributed by atoms with van der Waals surface area (Å²) >= 11 is 0. The van der Waals surface area contributed by atoms with Gasteiger partial charge >= 0.3 is 0 Å². The number of carbonyl (C=O) groups excluding carboxylic acids is 1. The number of carbonyl (C=O) groups is 1. The highest BCUT2D eigenvalue weighted by molar-refractivity contribution is 7.92. The molecule has 0 radical (unpaired) electrons. The van der Waals surface area contributed by atoms with Crippen LogP contribution in [0.5, 0.6) is 5.75 Å². The van der Waals surface area contributed by atoms with E-state index in [1.165, 1.54) is 5.56 Å². The lowest BCUT2D eigenvalue weighted by Gasteiger charge is -2.11. The summed E-state index contributed by atoms with van der Waals surface area (Å²) in [6, 6.07) is 12.8. The fourth-order valence-electron chi connectivity index (χ4n) is 2.60. The summed E-state index contributed by atoms with van der Waals surface area (Å²) in [6.07, 6.45) is 3.25. The van der Waals surface area contributed by atoms with Crippen LogP contribution in [0.15, 0.2) is 42.5 Å². The van der Waals surface area contributed by atoms with Crippen LogP contribution >= 0.6 is 0 Å². The van der Waals surface area contributed by atoms with Crippen LogP contribution in [-0.4, -0.2) is 33.7 Å². The maximum absolute atomic E-state index is 12.2. The minimum Gasteiger partial charge on any atom is -0.492 e. The van der Waals surface area contributed by atoms with Crippen LogP contribution in [0.3, 0.4) is 0 Å². The van der Waals surface area contributed by atoms with E-state index in [0.29, 0.717) is 30.0 Å². The summed E-state index contributed by atoms with van der Waals surface area (Å²) in [5.41, 5.74) is 2.89. The molecule has 0 aliphatic carbocycles. The van der Waals surface area contributed by atoms with E-state index in [1.54, 1.807) is 25.1 Å². The first-order chi connectivity index (χ1) is 12.8. The molecule has 0 fully saturated rings. The van der Waals surface area contributed by atoms with Gasteiger partial charge < -0.3 is 10.1 Å². The molecule has 27 heavy (non-hydrogen) atoms. The van der Waals surface area contributed by atoms with Crippen molar-refractivity contribution in [2.45, 2.75) is 26.7 Å². The summed E-state index contributed by atoms with van der Waals surface area (Å²) in [7, 11) is -3.35. The lowest BCUT2D eigenvalue weighted by Crippen LogP contribution is -2.28. The van der Waals surface area contributed by atoms with E-state index in [1.807, 2.05) is 24.3 Å². The van der Waals surface area contributed by atoms with Crippen molar-refractivity contribution in [3.63, 3.8) is 0 Å². The van der Waals surface area contributed by atoms with Crippen LogP contribution in [0.4, 0.5) is 5.69 Å². The van der Waals surface area contributed by atoms with Gasteiger partial charge in [0.15, 0.2) is 0 Å². The summed E-state index contributed by atoms with van der Waals surface area (Å²) in [6.45, 7) is 4.63. The second kappa shape index (κ2) is 9.41. The molecule has 0 unspecified atom stereocenters. The molecular formula is C20H26N2O4S. The Kier molecular flexibility index (Phi) is 7.24. The molecule has 0 atom stereocenters.